The highest BCUT2D eigenvalue weighted by Gasteiger charge is 2.13. The molecule has 102 valence electrons. The number of benzene rings is 1. The molecule has 0 amide bonds. The van der Waals surface area contributed by atoms with E-state index in [1.165, 1.54) is 11.3 Å². The van der Waals surface area contributed by atoms with Crippen LogP contribution in [0.25, 0.3) is 15.9 Å². The summed E-state index contributed by atoms with van der Waals surface area (Å²) in [4.78, 5) is 16.6. The van der Waals surface area contributed by atoms with E-state index in [1.807, 2.05) is 37.4 Å². The van der Waals surface area contributed by atoms with Crippen LogP contribution in [-0.4, -0.2) is 9.55 Å². The molecule has 3 rings (SSSR count). The number of fused-ring (bicyclic) bond motifs is 1. The Morgan fingerprint density at radius 1 is 1.35 bits per heavy atom. The number of aromatic amines is 1. The summed E-state index contributed by atoms with van der Waals surface area (Å²) in [6.45, 7) is 4.00. The molecule has 1 N–H and O–H groups in total. The molecule has 3 aromatic rings. The lowest BCUT2D eigenvalue weighted by Crippen LogP contribution is -2.21. The Labute approximate surface area is 133 Å². The van der Waals surface area contributed by atoms with Crippen molar-refractivity contribution >= 4 is 49.7 Å². The predicted octanol–water partition coefficient (Wildman–Crippen LogP) is 4.49. The molecule has 6 heteroatoms. The molecule has 0 saturated carbocycles. The van der Waals surface area contributed by atoms with Crippen LogP contribution in [0.1, 0.15) is 11.1 Å². The third kappa shape index (κ3) is 2.08. The van der Waals surface area contributed by atoms with E-state index in [1.54, 1.807) is 4.57 Å². The zero-order chi connectivity index (χ0) is 14.4. The van der Waals surface area contributed by atoms with Gasteiger partial charge in [-0.1, -0.05) is 6.07 Å². The first-order chi connectivity index (χ1) is 9.49. The quantitative estimate of drug-likeness (QED) is 0.644. The standard InChI is InChI=1S/C14H11BrN2OS2/c1-7-5-8(2)11(10(15)6-7)17-13(18)9-3-4-20-12(9)16-14(17)19/h3-6H,1-2H3,(H,16,19). The number of halogens is 1. The van der Waals surface area contributed by atoms with Gasteiger partial charge in [0.1, 0.15) is 4.83 Å². The molecule has 0 aliphatic carbocycles. The molecule has 0 spiro atoms. The van der Waals surface area contributed by atoms with Crippen LogP contribution in [0.3, 0.4) is 0 Å². The third-order valence-corrected chi connectivity index (χ3v) is 4.86. The molecule has 0 aliphatic heterocycles. The average Bonchev–Trinajstić information content (AvgIpc) is 2.80. The fourth-order valence-electron chi connectivity index (χ4n) is 2.33. The molecular formula is C14H11BrN2OS2. The number of aryl methyl sites for hydroxylation is 2. The van der Waals surface area contributed by atoms with Gasteiger partial charge in [-0.25, -0.2) is 0 Å². The Morgan fingerprint density at radius 2 is 2.10 bits per heavy atom. The Morgan fingerprint density at radius 3 is 2.80 bits per heavy atom. The molecule has 1 aromatic carbocycles. The first-order valence-electron chi connectivity index (χ1n) is 5.98. The number of aromatic nitrogens is 2. The largest absolute Gasteiger partial charge is 0.323 e. The maximum Gasteiger partial charge on any atom is 0.267 e. The maximum absolute atomic E-state index is 12.7. The maximum atomic E-state index is 12.7. The Balaban J connectivity index is 2.47. The lowest BCUT2D eigenvalue weighted by atomic mass is 10.1. The average molecular weight is 367 g/mol. The molecule has 0 unspecified atom stereocenters. The lowest BCUT2D eigenvalue weighted by molar-refractivity contribution is 0.927. The number of H-pyrrole nitrogens is 1. The topological polar surface area (TPSA) is 37.8 Å². The van der Waals surface area contributed by atoms with E-state index in [-0.39, 0.29) is 5.56 Å². The highest BCUT2D eigenvalue weighted by molar-refractivity contribution is 9.10. The van der Waals surface area contributed by atoms with Crippen LogP contribution in [0.15, 0.2) is 32.8 Å². The van der Waals surface area contributed by atoms with Gasteiger partial charge in [0.15, 0.2) is 4.77 Å². The van der Waals surface area contributed by atoms with Crippen molar-refractivity contribution < 1.29 is 0 Å². The summed E-state index contributed by atoms with van der Waals surface area (Å²) in [6.07, 6.45) is 0. The number of nitrogens with zero attached hydrogens (tertiary/aromatic N) is 1. The summed E-state index contributed by atoms with van der Waals surface area (Å²) in [5.41, 5.74) is 2.86. The smallest absolute Gasteiger partial charge is 0.267 e. The van der Waals surface area contributed by atoms with Crippen LogP contribution in [-0.2, 0) is 0 Å². The van der Waals surface area contributed by atoms with Gasteiger partial charge in [0.25, 0.3) is 5.56 Å². The van der Waals surface area contributed by atoms with E-state index in [2.05, 4.69) is 20.9 Å². The van der Waals surface area contributed by atoms with Crippen LogP contribution >= 0.6 is 39.5 Å². The van der Waals surface area contributed by atoms with Crippen LogP contribution < -0.4 is 5.56 Å². The van der Waals surface area contributed by atoms with Gasteiger partial charge in [-0.3, -0.25) is 9.36 Å². The summed E-state index contributed by atoms with van der Waals surface area (Å²) in [5.74, 6) is 0. The molecule has 2 heterocycles. The van der Waals surface area contributed by atoms with Crippen LogP contribution in [0.4, 0.5) is 0 Å². The summed E-state index contributed by atoms with van der Waals surface area (Å²) >= 11 is 10.4. The van der Waals surface area contributed by atoms with Crippen molar-refractivity contribution in [3.05, 3.63) is 54.3 Å². The van der Waals surface area contributed by atoms with Gasteiger partial charge in [-0.2, -0.15) is 0 Å². The molecule has 20 heavy (non-hydrogen) atoms. The van der Waals surface area contributed by atoms with Gasteiger partial charge >= 0.3 is 0 Å². The van der Waals surface area contributed by atoms with Crippen molar-refractivity contribution in [3.8, 4) is 5.69 Å². The second kappa shape index (κ2) is 4.95. The monoisotopic (exact) mass is 366 g/mol. The Kier molecular flexibility index (Phi) is 3.40. The first kappa shape index (κ1) is 13.7. The van der Waals surface area contributed by atoms with Crippen LogP contribution in [0.5, 0.6) is 0 Å². The van der Waals surface area contributed by atoms with Gasteiger partial charge in [0.05, 0.1) is 11.1 Å². The molecule has 3 nitrogen and oxygen atoms in total. The normalized spacial score (nSPS) is 11.2. The Hall–Kier alpha value is -1.24. The third-order valence-electron chi connectivity index (χ3n) is 3.14. The zero-order valence-corrected chi connectivity index (χ0v) is 14.1. The zero-order valence-electron chi connectivity index (χ0n) is 10.9. The molecule has 0 atom stereocenters. The summed E-state index contributed by atoms with van der Waals surface area (Å²) in [7, 11) is 0. The molecule has 0 bridgehead atoms. The van der Waals surface area contributed by atoms with Gasteiger partial charge in [-0.05, 0) is 70.6 Å². The number of rotatable bonds is 1. The predicted molar refractivity (Wildman–Crippen MR) is 89.8 cm³/mol. The minimum absolute atomic E-state index is 0.0855. The summed E-state index contributed by atoms with van der Waals surface area (Å²) < 4.78 is 2.84. The molecule has 2 aromatic heterocycles. The van der Waals surface area contributed by atoms with Gasteiger partial charge < -0.3 is 4.98 Å². The summed E-state index contributed by atoms with van der Waals surface area (Å²) in [5, 5.41) is 2.55. The van der Waals surface area contributed by atoms with Gasteiger partial charge in [0.2, 0.25) is 0 Å². The SMILES string of the molecule is Cc1cc(C)c(-n2c(=S)[nH]c3sccc3c2=O)c(Br)c1. The Bertz CT molecular complexity index is 913. The van der Waals surface area contributed by atoms with Crippen LogP contribution in [0, 0.1) is 18.6 Å². The van der Waals surface area contributed by atoms with Crippen molar-refractivity contribution in [3.63, 3.8) is 0 Å². The van der Waals surface area contributed by atoms with E-state index >= 15 is 0 Å². The second-order valence-electron chi connectivity index (χ2n) is 4.65. The molecule has 0 radical (unpaired) electrons. The second-order valence-corrected chi connectivity index (χ2v) is 6.80. The van der Waals surface area contributed by atoms with Crippen molar-refractivity contribution in [2.75, 3.05) is 0 Å². The minimum Gasteiger partial charge on any atom is -0.323 e. The van der Waals surface area contributed by atoms with Crippen LogP contribution in [0.2, 0.25) is 0 Å². The fraction of sp³-hybridized carbons (Fsp3) is 0.143. The lowest BCUT2D eigenvalue weighted by Gasteiger charge is -2.13. The van der Waals surface area contributed by atoms with Gasteiger partial charge in [0, 0.05) is 4.47 Å². The van der Waals surface area contributed by atoms with E-state index in [0.29, 0.717) is 10.2 Å². The fourth-order valence-corrected chi connectivity index (χ4v) is 4.30. The van der Waals surface area contributed by atoms with Crippen molar-refractivity contribution in [2.24, 2.45) is 0 Å². The number of nitrogens with one attached hydrogen (secondary N) is 1. The summed E-state index contributed by atoms with van der Waals surface area (Å²) in [6, 6.07) is 5.85. The van der Waals surface area contributed by atoms with E-state index in [0.717, 1.165) is 26.1 Å². The van der Waals surface area contributed by atoms with Crippen molar-refractivity contribution in [2.45, 2.75) is 13.8 Å². The molecular weight excluding hydrogens is 356 g/mol. The van der Waals surface area contributed by atoms with E-state index in [4.69, 9.17) is 12.2 Å². The van der Waals surface area contributed by atoms with E-state index < -0.39 is 0 Å². The van der Waals surface area contributed by atoms with Gasteiger partial charge in [-0.15, -0.1) is 11.3 Å². The molecule has 0 aliphatic rings. The minimum atomic E-state index is -0.0855. The number of hydrogen-bond acceptors (Lipinski definition) is 3. The number of hydrogen-bond donors (Lipinski definition) is 1. The molecule has 0 saturated heterocycles. The first-order valence-corrected chi connectivity index (χ1v) is 8.07. The molecule has 0 fully saturated rings. The highest BCUT2D eigenvalue weighted by Crippen LogP contribution is 2.26. The van der Waals surface area contributed by atoms with Crippen molar-refractivity contribution in [1.82, 2.24) is 9.55 Å². The van der Waals surface area contributed by atoms with Crippen molar-refractivity contribution in [1.29, 1.82) is 0 Å². The van der Waals surface area contributed by atoms with E-state index in [9.17, 15) is 4.79 Å². The highest BCUT2D eigenvalue weighted by atomic mass is 79.9. The number of thiophene rings is 1.